The fourth-order valence-corrected chi connectivity index (χ4v) is 1.26. The molecule has 0 aliphatic heterocycles. The summed E-state index contributed by atoms with van der Waals surface area (Å²) in [5, 5.41) is 3.06. The van der Waals surface area contributed by atoms with Gasteiger partial charge >= 0.3 is 0 Å². The van der Waals surface area contributed by atoms with Crippen LogP contribution in [0.4, 0.5) is 4.39 Å². The summed E-state index contributed by atoms with van der Waals surface area (Å²) in [6.45, 7) is 2.89. The standard InChI is InChI=1S/C11H15FN2O2/c1-2-14-6-8-4-3-5-9(12)11(8)16-7-10(13)15/h3-5,14H,2,6-7H2,1H3,(H2,13,15). The number of nitrogens with one attached hydrogen (secondary N) is 1. The smallest absolute Gasteiger partial charge is 0.255 e. The SMILES string of the molecule is CCNCc1cccc(F)c1OCC(N)=O. The van der Waals surface area contributed by atoms with Gasteiger partial charge in [0.25, 0.3) is 5.91 Å². The molecule has 4 nitrogen and oxygen atoms in total. The average molecular weight is 226 g/mol. The van der Waals surface area contributed by atoms with Crippen molar-refractivity contribution in [2.75, 3.05) is 13.2 Å². The topological polar surface area (TPSA) is 64.3 Å². The van der Waals surface area contributed by atoms with Crippen molar-refractivity contribution >= 4 is 5.91 Å². The van der Waals surface area contributed by atoms with Crippen LogP contribution in [0.25, 0.3) is 0 Å². The molecule has 1 amide bonds. The Morgan fingerprint density at radius 2 is 2.31 bits per heavy atom. The number of hydrogen-bond acceptors (Lipinski definition) is 3. The molecule has 0 aromatic heterocycles. The Balaban J connectivity index is 2.80. The number of amides is 1. The van der Waals surface area contributed by atoms with Crippen LogP contribution in [0.1, 0.15) is 12.5 Å². The van der Waals surface area contributed by atoms with Crippen LogP contribution in [-0.4, -0.2) is 19.1 Å². The number of benzene rings is 1. The van der Waals surface area contributed by atoms with Crippen LogP contribution in [-0.2, 0) is 11.3 Å². The van der Waals surface area contributed by atoms with Crippen LogP contribution >= 0.6 is 0 Å². The highest BCUT2D eigenvalue weighted by molar-refractivity contribution is 5.75. The number of nitrogens with two attached hydrogens (primary N) is 1. The summed E-state index contributed by atoms with van der Waals surface area (Å²) in [6.07, 6.45) is 0. The van der Waals surface area contributed by atoms with Crippen LogP contribution < -0.4 is 15.8 Å². The maximum absolute atomic E-state index is 13.4. The van der Waals surface area contributed by atoms with Gasteiger partial charge in [0.15, 0.2) is 18.2 Å². The van der Waals surface area contributed by atoms with E-state index >= 15 is 0 Å². The number of para-hydroxylation sites is 1. The third kappa shape index (κ3) is 3.51. The number of rotatable bonds is 6. The highest BCUT2D eigenvalue weighted by atomic mass is 19.1. The van der Waals surface area contributed by atoms with Gasteiger partial charge in [-0.05, 0) is 12.6 Å². The molecule has 0 bridgehead atoms. The first kappa shape index (κ1) is 12.4. The lowest BCUT2D eigenvalue weighted by atomic mass is 10.2. The minimum absolute atomic E-state index is 0.0854. The van der Waals surface area contributed by atoms with Gasteiger partial charge in [-0.3, -0.25) is 4.79 Å². The van der Waals surface area contributed by atoms with Crippen LogP contribution in [0, 0.1) is 5.82 Å². The summed E-state index contributed by atoms with van der Waals surface area (Å²) < 4.78 is 18.5. The normalized spacial score (nSPS) is 10.1. The maximum atomic E-state index is 13.4. The second kappa shape index (κ2) is 6.07. The number of hydrogen-bond donors (Lipinski definition) is 2. The largest absolute Gasteiger partial charge is 0.480 e. The second-order valence-electron chi connectivity index (χ2n) is 3.26. The highest BCUT2D eigenvalue weighted by Gasteiger charge is 2.10. The van der Waals surface area contributed by atoms with Crippen molar-refractivity contribution in [1.82, 2.24) is 5.32 Å². The lowest BCUT2D eigenvalue weighted by molar-refractivity contribution is -0.120. The van der Waals surface area contributed by atoms with Gasteiger partial charge in [-0.15, -0.1) is 0 Å². The van der Waals surface area contributed by atoms with Crippen molar-refractivity contribution in [3.8, 4) is 5.75 Å². The molecule has 0 aliphatic rings. The van der Waals surface area contributed by atoms with E-state index in [1.165, 1.54) is 6.07 Å². The van der Waals surface area contributed by atoms with E-state index in [4.69, 9.17) is 10.5 Å². The molecule has 0 unspecified atom stereocenters. The Bertz CT molecular complexity index is 369. The molecule has 0 spiro atoms. The fourth-order valence-electron chi connectivity index (χ4n) is 1.26. The summed E-state index contributed by atoms with van der Waals surface area (Å²) >= 11 is 0. The van der Waals surface area contributed by atoms with Gasteiger partial charge < -0.3 is 15.8 Å². The molecule has 1 aromatic rings. The Hall–Kier alpha value is -1.62. The minimum atomic E-state index is -0.627. The predicted octanol–water partition coefficient (Wildman–Crippen LogP) is 0.799. The zero-order valence-corrected chi connectivity index (χ0v) is 9.13. The van der Waals surface area contributed by atoms with Crippen molar-refractivity contribution in [3.63, 3.8) is 0 Å². The van der Waals surface area contributed by atoms with Crippen molar-refractivity contribution in [3.05, 3.63) is 29.6 Å². The van der Waals surface area contributed by atoms with E-state index in [1.54, 1.807) is 12.1 Å². The maximum Gasteiger partial charge on any atom is 0.255 e. The van der Waals surface area contributed by atoms with Crippen molar-refractivity contribution < 1.29 is 13.9 Å². The fraction of sp³-hybridized carbons (Fsp3) is 0.364. The molecule has 0 aliphatic carbocycles. The number of carbonyl (C=O) groups excluding carboxylic acids is 1. The summed E-state index contributed by atoms with van der Waals surface area (Å²) in [5.74, 6) is -1.03. The highest BCUT2D eigenvalue weighted by Crippen LogP contribution is 2.22. The number of ether oxygens (including phenoxy) is 1. The molecule has 0 atom stereocenters. The monoisotopic (exact) mass is 226 g/mol. The lowest BCUT2D eigenvalue weighted by Gasteiger charge is -2.11. The first-order valence-electron chi connectivity index (χ1n) is 5.04. The van der Waals surface area contributed by atoms with Gasteiger partial charge in [-0.1, -0.05) is 19.1 Å². The molecule has 88 valence electrons. The van der Waals surface area contributed by atoms with Crippen molar-refractivity contribution in [1.29, 1.82) is 0 Å². The van der Waals surface area contributed by atoms with Gasteiger partial charge in [0.05, 0.1) is 0 Å². The van der Waals surface area contributed by atoms with E-state index in [0.29, 0.717) is 12.1 Å². The zero-order chi connectivity index (χ0) is 12.0. The van der Waals surface area contributed by atoms with Gasteiger partial charge in [0.2, 0.25) is 0 Å². The molecule has 0 saturated carbocycles. The first-order valence-corrected chi connectivity index (χ1v) is 5.04. The third-order valence-corrected chi connectivity index (χ3v) is 1.97. The third-order valence-electron chi connectivity index (χ3n) is 1.97. The Labute approximate surface area is 93.6 Å². The van der Waals surface area contributed by atoms with Crippen molar-refractivity contribution in [2.24, 2.45) is 5.73 Å². The molecule has 3 N–H and O–H groups in total. The molecule has 0 radical (unpaired) electrons. The van der Waals surface area contributed by atoms with Crippen molar-refractivity contribution in [2.45, 2.75) is 13.5 Å². The number of carbonyl (C=O) groups is 1. The molecule has 5 heteroatoms. The van der Waals surface area contributed by atoms with Crippen LogP contribution in [0.2, 0.25) is 0 Å². The second-order valence-corrected chi connectivity index (χ2v) is 3.26. The summed E-state index contributed by atoms with van der Waals surface area (Å²) in [4.78, 5) is 10.6. The predicted molar refractivity (Wildman–Crippen MR) is 58.5 cm³/mol. The summed E-state index contributed by atoms with van der Waals surface area (Å²) in [7, 11) is 0. The van der Waals surface area contributed by atoms with E-state index in [0.717, 1.165) is 6.54 Å². The Kier molecular flexibility index (Phi) is 4.72. The Morgan fingerprint density at radius 1 is 1.56 bits per heavy atom. The molecule has 0 saturated heterocycles. The van der Waals surface area contributed by atoms with E-state index in [1.807, 2.05) is 6.92 Å². The number of primary amides is 1. The quantitative estimate of drug-likeness (QED) is 0.754. The van der Waals surface area contributed by atoms with Crippen LogP contribution in [0.5, 0.6) is 5.75 Å². The number of halogens is 1. The van der Waals surface area contributed by atoms with E-state index < -0.39 is 11.7 Å². The molecule has 1 aromatic carbocycles. The molecule has 0 heterocycles. The van der Waals surface area contributed by atoms with E-state index in [9.17, 15) is 9.18 Å². The van der Waals surface area contributed by atoms with Crippen LogP contribution in [0.15, 0.2) is 18.2 Å². The van der Waals surface area contributed by atoms with Gasteiger partial charge in [-0.25, -0.2) is 4.39 Å². The first-order chi connectivity index (χ1) is 7.65. The Morgan fingerprint density at radius 3 is 2.94 bits per heavy atom. The molecular formula is C11H15FN2O2. The molecule has 16 heavy (non-hydrogen) atoms. The van der Waals surface area contributed by atoms with Gasteiger partial charge in [-0.2, -0.15) is 0 Å². The van der Waals surface area contributed by atoms with Gasteiger partial charge in [0.1, 0.15) is 0 Å². The average Bonchev–Trinajstić information content (AvgIpc) is 2.24. The van der Waals surface area contributed by atoms with Crippen LogP contribution in [0.3, 0.4) is 0 Å². The van der Waals surface area contributed by atoms with E-state index in [2.05, 4.69) is 5.32 Å². The van der Waals surface area contributed by atoms with E-state index in [-0.39, 0.29) is 12.4 Å². The molecular weight excluding hydrogens is 211 g/mol. The molecule has 0 fully saturated rings. The summed E-state index contributed by atoms with van der Waals surface area (Å²) in [5.41, 5.74) is 5.61. The van der Waals surface area contributed by atoms with Gasteiger partial charge in [0, 0.05) is 12.1 Å². The molecule has 1 rings (SSSR count). The summed E-state index contributed by atoms with van der Waals surface area (Å²) in [6, 6.07) is 4.62. The zero-order valence-electron chi connectivity index (χ0n) is 9.13. The minimum Gasteiger partial charge on any atom is -0.480 e. The lowest BCUT2D eigenvalue weighted by Crippen LogP contribution is -2.21.